The zero-order valence-electron chi connectivity index (χ0n) is 12.5. The quantitative estimate of drug-likeness (QED) is 0.886. The summed E-state index contributed by atoms with van der Waals surface area (Å²) >= 11 is 0. The zero-order valence-corrected chi connectivity index (χ0v) is 12.5. The number of benzene rings is 1. The molecule has 2 nitrogen and oxygen atoms in total. The van der Waals surface area contributed by atoms with E-state index in [4.69, 9.17) is 0 Å². The van der Waals surface area contributed by atoms with Crippen LogP contribution in [-0.4, -0.2) is 5.91 Å². The van der Waals surface area contributed by atoms with Gasteiger partial charge in [0.15, 0.2) is 0 Å². The highest BCUT2D eigenvalue weighted by atomic mass is 16.1. The lowest BCUT2D eigenvalue weighted by Crippen LogP contribution is -2.31. The molecule has 1 amide bonds. The number of carbonyl (C=O) groups is 1. The van der Waals surface area contributed by atoms with E-state index in [0.29, 0.717) is 0 Å². The highest BCUT2D eigenvalue weighted by molar-refractivity contribution is 5.79. The second-order valence-corrected chi connectivity index (χ2v) is 6.45. The van der Waals surface area contributed by atoms with Gasteiger partial charge in [-0.3, -0.25) is 4.79 Å². The van der Waals surface area contributed by atoms with E-state index in [9.17, 15) is 4.79 Å². The maximum atomic E-state index is 12.2. The minimum Gasteiger partial charge on any atom is -0.349 e. The third-order valence-electron chi connectivity index (χ3n) is 4.96. The van der Waals surface area contributed by atoms with Gasteiger partial charge in [-0.15, -0.1) is 0 Å². The molecule has 1 N–H and O–H groups in total. The van der Waals surface area contributed by atoms with Crippen molar-refractivity contribution in [2.45, 2.75) is 64.3 Å². The number of aryl methyl sites for hydroxylation is 2. The van der Waals surface area contributed by atoms with Crippen LogP contribution in [0.5, 0.6) is 0 Å². The maximum Gasteiger partial charge on any atom is 0.223 e. The molecule has 0 aromatic heterocycles. The lowest BCUT2D eigenvalue weighted by molar-refractivity contribution is -0.125. The fourth-order valence-corrected chi connectivity index (χ4v) is 3.63. The second-order valence-electron chi connectivity index (χ2n) is 6.45. The summed E-state index contributed by atoms with van der Waals surface area (Å²) in [6, 6.07) is 6.91. The number of nitrogens with one attached hydrogen (secondary N) is 1. The van der Waals surface area contributed by atoms with Gasteiger partial charge >= 0.3 is 0 Å². The van der Waals surface area contributed by atoms with E-state index in [1.807, 2.05) is 0 Å². The van der Waals surface area contributed by atoms with Gasteiger partial charge in [0, 0.05) is 5.92 Å². The minimum atomic E-state index is 0.135. The Balaban J connectivity index is 1.67. The van der Waals surface area contributed by atoms with Gasteiger partial charge in [-0.25, -0.2) is 0 Å². The van der Waals surface area contributed by atoms with Gasteiger partial charge in [-0.1, -0.05) is 31.0 Å². The molecule has 0 spiro atoms. The van der Waals surface area contributed by atoms with Crippen molar-refractivity contribution >= 4 is 5.91 Å². The molecular weight excluding hydrogens is 246 g/mol. The zero-order chi connectivity index (χ0) is 13.9. The van der Waals surface area contributed by atoms with Gasteiger partial charge in [-0.05, 0) is 62.1 Å². The molecule has 20 heavy (non-hydrogen) atoms. The molecule has 2 aliphatic rings. The Hall–Kier alpha value is -1.31. The van der Waals surface area contributed by atoms with Gasteiger partial charge in [-0.2, -0.15) is 0 Å². The third kappa shape index (κ3) is 2.89. The first-order chi connectivity index (χ1) is 9.74. The molecule has 1 saturated carbocycles. The molecule has 0 radical (unpaired) electrons. The van der Waals surface area contributed by atoms with Crippen LogP contribution in [0.1, 0.15) is 68.2 Å². The standard InChI is InChI=1S/C18H25NO/c1-13(19-18(20)15-7-3-4-8-15)16-11-10-14-6-2-5-9-17(14)12-16/h10-13,15H,2-9H2,1H3,(H,19,20)/t13-/m0/s1. The summed E-state index contributed by atoms with van der Waals surface area (Å²) < 4.78 is 0. The van der Waals surface area contributed by atoms with Crippen LogP contribution in [-0.2, 0) is 17.6 Å². The minimum absolute atomic E-state index is 0.135. The average Bonchev–Trinajstić information content (AvgIpc) is 3.01. The summed E-state index contributed by atoms with van der Waals surface area (Å²) in [6.45, 7) is 2.11. The molecule has 0 unspecified atom stereocenters. The lowest BCUT2D eigenvalue weighted by Gasteiger charge is -2.21. The largest absolute Gasteiger partial charge is 0.349 e. The third-order valence-corrected chi connectivity index (χ3v) is 4.96. The highest BCUT2D eigenvalue weighted by Crippen LogP contribution is 2.27. The van der Waals surface area contributed by atoms with Crippen molar-refractivity contribution in [3.8, 4) is 0 Å². The molecule has 3 rings (SSSR count). The summed E-state index contributed by atoms with van der Waals surface area (Å²) in [6.07, 6.45) is 9.62. The lowest BCUT2D eigenvalue weighted by atomic mass is 9.89. The van der Waals surface area contributed by atoms with Crippen LogP contribution in [0.25, 0.3) is 0 Å². The maximum absolute atomic E-state index is 12.2. The topological polar surface area (TPSA) is 29.1 Å². The molecule has 1 aromatic carbocycles. The fraction of sp³-hybridized carbons (Fsp3) is 0.611. The number of hydrogen-bond acceptors (Lipinski definition) is 1. The van der Waals surface area contributed by atoms with Crippen molar-refractivity contribution in [3.63, 3.8) is 0 Å². The smallest absolute Gasteiger partial charge is 0.223 e. The molecule has 2 heteroatoms. The van der Waals surface area contributed by atoms with Crippen molar-refractivity contribution in [2.24, 2.45) is 5.92 Å². The van der Waals surface area contributed by atoms with Crippen LogP contribution < -0.4 is 5.32 Å². The first kappa shape index (κ1) is 13.7. The second kappa shape index (κ2) is 5.99. The summed E-state index contributed by atoms with van der Waals surface area (Å²) in [4.78, 5) is 12.2. The molecule has 1 atom stereocenters. The highest BCUT2D eigenvalue weighted by Gasteiger charge is 2.24. The molecule has 0 bridgehead atoms. The van der Waals surface area contributed by atoms with Crippen molar-refractivity contribution in [1.82, 2.24) is 5.32 Å². The van der Waals surface area contributed by atoms with Gasteiger partial charge in [0.2, 0.25) is 5.91 Å². The molecule has 1 fully saturated rings. The van der Waals surface area contributed by atoms with Gasteiger partial charge < -0.3 is 5.32 Å². The van der Waals surface area contributed by atoms with Crippen LogP contribution in [0, 0.1) is 5.92 Å². The molecule has 2 aliphatic carbocycles. The van der Waals surface area contributed by atoms with Crippen molar-refractivity contribution in [3.05, 3.63) is 34.9 Å². The van der Waals surface area contributed by atoms with Crippen LogP contribution in [0.4, 0.5) is 0 Å². The summed E-state index contributed by atoms with van der Waals surface area (Å²) in [7, 11) is 0. The Morgan fingerprint density at radius 3 is 2.55 bits per heavy atom. The predicted octanol–water partition coefficient (Wildman–Crippen LogP) is 3.93. The predicted molar refractivity (Wildman–Crippen MR) is 81.6 cm³/mol. The summed E-state index contributed by atoms with van der Waals surface area (Å²) in [5.74, 6) is 0.516. The van der Waals surface area contributed by atoms with Crippen LogP contribution in [0.3, 0.4) is 0 Å². The molecule has 0 saturated heterocycles. The Morgan fingerprint density at radius 1 is 1.10 bits per heavy atom. The summed E-state index contributed by atoms with van der Waals surface area (Å²) in [5.41, 5.74) is 4.27. The molecule has 108 valence electrons. The van der Waals surface area contributed by atoms with E-state index < -0.39 is 0 Å². The molecular formula is C18H25NO. The fourth-order valence-electron chi connectivity index (χ4n) is 3.63. The monoisotopic (exact) mass is 271 g/mol. The number of amides is 1. The van der Waals surface area contributed by atoms with Crippen LogP contribution in [0.2, 0.25) is 0 Å². The number of hydrogen-bond donors (Lipinski definition) is 1. The number of carbonyl (C=O) groups excluding carboxylic acids is 1. The Labute approximate surface area is 122 Å². The molecule has 0 aliphatic heterocycles. The van der Waals surface area contributed by atoms with E-state index >= 15 is 0 Å². The number of rotatable bonds is 3. The van der Waals surface area contributed by atoms with Crippen LogP contribution >= 0.6 is 0 Å². The van der Waals surface area contributed by atoms with Gasteiger partial charge in [0.25, 0.3) is 0 Å². The Bertz CT molecular complexity index is 488. The Kier molecular flexibility index (Phi) is 4.09. The van der Waals surface area contributed by atoms with Gasteiger partial charge in [0.1, 0.15) is 0 Å². The van der Waals surface area contributed by atoms with E-state index in [0.717, 1.165) is 12.8 Å². The van der Waals surface area contributed by atoms with E-state index in [1.165, 1.54) is 55.2 Å². The Morgan fingerprint density at radius 2 is 1.80 bits per heavy atom. The average molecular weight is 271 g/mol. The van der Waals surface area contributed by atoms with Gasteiger partial charge in [0.05, 0.1) is 6.04 Å². The first-order valence-corrected chi connectivity index (χ1v) is 8.16. The molecule has 0 heterocycles. The van der Waals surface area contributed by atoms with Crippen molar-refractivity contribution in [1.29, 1.82) is 0 Å². The normalized spacial score (nSPS) is 20.4. The van der Waals surface area contributed by atoms with Crippen molar-refractivity contribution < 1.29 is 4.79 Å². The molecule has 1 aromatic rings. The van der Waals surface area contributed by atoms with E-state index in [1.54, 1.807) is 0 Å². The number of fused-ring (bicyclic) bond motifs is 1. The van der Waals surface area contributed by atoms with Crippen molar-refractivity contribution in [2.75, 3.05) is 0 Å². The summed E-state index contributed by atoms with van der Waals surface area (Å²) in [5, 5.41) is 3.21. The SMILES string of the molecule is C[C@H](NC(=O)C1CCCC1)c1ccc2c(c1)CCCC2. The first-order valence-electron chi connectivity index (χ1n) is 8.16. The van der Waals surface area contributed by atoms with Crippen LogP contribution in [0.15, 0.2) is 18.2 Å². The van der Waals surface area contributed by atoms with E-state index in [2.05, 4.69) is 30.4 Å². The van der Waals surface area contributed by atoms with E-state index in [-0.39, 0.29) is 17.9 Å².